The predicted octanol–water partition coefficient (Wildman–Crippen LogP) is 2.14. The summed E-state index contributed by atoms with van der Waals surface area (Å²) >= 11 is 5.76. The first kappa shape index (κ1) is 11.4. The summed E-state index contributed by atoms with van der Waals surface area (Å²) in [6, 6.07) is 7.18. The minimum absolute atomic E-state index is 0.118. The third-order valence-electron chi connectivity index (χ3n) is 2.64. The van der Waals surface area contributed by atoms with Gasteiger partial charge in [0.25, 0.3) is 0 Å². The fraction of sp³-hybridized carbons (Fsp3) is 0.417. The number of carbonyl (C=O) groups excluding carboxylic acids is 1. The molecule has 1 heterocycles. The van der Waals surface area contributed by atoms with Crippen molar-refractivity contribution in [2.45, 2.75) is 25.5 Å². The van der Waals surface area contributed by atoms with Crippen LogP contribution in [0.25, 0.3) is 0 Å². The number of rotatable bonds is 3. The van der Waals surface area contributed by atoms with E-state index in [-0.39, 0.29) is 12.0 Å². The standard InChI is InChI=1S/C12H14ClNO2/c13-10-5-3-9(4-6-10)8-16-12(15)11-2-1-7-14-11/h3-6,11,14H,1-2,7-8H2/t11-/m1/s1. The van der Waals surface area contributed by atoms with E-state index in [9.17, 15) is 4.79 Å². The van der Waals surface area contributed by atoms with Gasteiger partial charge in [-0.05, 0) is 37.1 Å². The first-order valence-corrected chi connectivity index (χ1v) is 5.78. The van der Waals surface area contributed by atoms with Gasteiger partial charge in [-0.25, -0.2) is 0 Å². The zero-order valence-electron chi connectivity index (χ0n) is 8.91. The summed E-state index contributed by atoms with van der Waals surface area (Å²) in [5, 5.41) is 3.79. The molecule has 0 spiro atoms. The smallest absolute Gasteiger partial charge is 0.323 e. The Hall–Kier alpha value is -1.06. The molecule has 16 heavy (non-hydrogen) atoms. The van der Waals surface area contributed by atoms with Crippen LogP contribution in [0.5, 0.6) is 0 Å². The van der Waals surface area contributed by atoms with E-state index in [1.54, 1.807) is 12.1 Å². The van der Waals surface area contributed by atoms with Gasteiger partial charge in [0.2, 0.25) is 0 Å². The van der Waals surface area contributed by atoms with Crippen molar-refractivity contribution in [3.8, 4) is 0 Å². The molecule has 86 valence electrons. The fourth-order valence-electron chi connectivity index (χ4n) is 1.72. The van der Waals surface area contributed by atoms with Crippen LogP contribution in [0.15, 0.2) is 24.3 Å². The largest absolute Gasteiger partial charge is 0.460 e. The van der Waals surface area contributed by atoms with Crippen LogP contribution in [0, 0.1) is 0 Å². The van der Waals surface area contributed by atoms with Crippen molar-refractivity contribution in [2.24, 2.45) is 0 Å². The number of esters is 1. The lowest BCUT2D eigenvalue weighted by Gasteiger charge is -2.10. The summed E-state index contributed by atoms with van der Waals surface area (Å²) in [5.41, 5.74) is 0.954. The van der Waals surface area contributed by atoms with Gasteiger partial charge in [-0.15, -0.1) is 0 Å². The van der Waals surface area contributed by atoms with Gasteiger partial charge in [-0.2, -0.15) is 0 Å². The number of hydrogen-bond donors (Lipinski definition) is 1. The summed E-state index contributed by atoms with van der Waals surface area (Å²) in [6.45, 7) is 1.22. The van der Waals surface area contributed by atoms with Crippen molar-refractivity contribution in [1.82, 2.24) is 5.32 Å². The van der Waals surface area contributed by atoms with Crippen LogP contribution < -0.4 is 5.32 Å². The Morgan fingerprint density at radius 1 is 1.44 bits per heavy atom. The molecule has 1 fully saturated rings. The van der Waals surface area contributed by atoms with Crippen molar-refractivity contribution in [2.75, 3.05) is 6.54 Å². The summed E-state index contributed by atoms with van der Waals surface area (Å²) < 4.78 is 5.21. The quantitative estimate of drug-likeness (QED) is 0.822. The molecule has 0 bridgehead atoms. The molecule has 0 aromatic heterocycles. The molecule has 1 aliphatic heterocycles. The average molecular weight is 240 g/mol. The van der Waals surface area contributed by atoms with Crippen molar-refractivity contribution in [3.05, 3.63) is 34.9 Å². The second-order valence-electron chi connectivity index (χ2n) is 3.88. The van der Waals surface area contributed by atoms with Crippen LogP contribution in [0.4, 0.5) is 0 Å². The van der Waals surface area contributed by atoms with E-state index in [4.69, 9.17) is 16.3 Å². The lowest BCUT2D eigenvalue weighted by Crippen LogP contribution is -2.32. The lowest BCUT2D eigenvalue weighted by atomic mass is 10.2. The maximum atomic E-state index is 11.6. The zero-order chi connectivity index (χ0) is 11.4. The first-order chi connectivity index (χ1) is 7.75. The Kier molecular flexibility index (Phi) is 3.80. The number of hydrogen-bond acceptors (Lipinski definition) is 3. The van der Waals surface area contributed by atoms with E-state index >= 15 is 0 Å². The van der Waals surface area contributed by atoms with Crippen molar-refractivity contribution in [1.29, 1.82) is 0 Å². The Morgan fingerprint density at radius 2 is 2.19 bits per heavy atom. The van der Waals surface area contributed by atoms with E-state index in [2.05, 4.69) is 5.32 Å². The summed E-state index contributed by atoms with van der Waals surface area (Å²) in [4.78, 5) is 11.6. The molecule has 3 nitrogen and oxygen atoms in total. The van der Waals surface area contributed by atoms with Crippen molar-refractivity contribution in [3.63, 3.8) is 0 Å². The van der Waals surface area contributed by atoms with Crippen LogP contribution in [-0.2, 0) is 16.1 Å². The molecule has 0 saturated carbocycles. The van der Waals surface area contributed by atoms with E-state index < -0.39 is 0 Å². The molecule has 1 aromatic rings. The SMILES string of the molecule is O=C(OCc1ccc(Cl)cc1)[C@H]1CCCN1. The first-order valence-electron chi connectivity index (χ1n) is 5.40. The van der Waals surface area contributed by atoms with E-state index in [1.807, 2.05) is 12.1 Å². The predicted molar refractivity (Wildman–Crippen MR) is 62.3 cm³/mol. The number of nitrogens with one attached hydrogen (secondary N) is 1. The van der Waals surface area contributed by atoms with Gasteiger partial charge in [0, 0.05) is 5.02 Å². The molecule has 0 amide bonds. The van der Waals surface area contributed by atoms with Crippen LogP contribution in [0.1, 0.15) is 18.4 Å². The highest BCUT2D eigenvalue weighted by atomic mass is 35.5. The molecule has 0 unspecified atom stereocenters. The highest BCUT2D eigenvalue weighted by Crippen LogP contribution is 2.12. The Labute approximate surface area is 99.7 Å². The maximum Gasteiger partial charge on any atom is 0.323 e. The van der Waals surface area contributed by atoms with Gasteiger partial charge >= 0.3 is 5.97 Å². The van der Waals surface area contributed by atoms with Gasteiger partial charge < -0.3 is 10.1 Å². The summed E-state index contributed by atoms with van der Waals surface area (Å²) in [7, 11) is 0. The van der Waals surface area contributed by atoms with Gasteiger partial charge in [0.05, 0.1) is 0 Å². The molecule has 0 aliphatic carbocycles. The summed E-state index contributed by atoms with van der Waals surface area (Å²) in [5.74, 6) is -0.160. The third-order valence-corrected chi connectivity index (χ3v) is 2.89. The number of benzene rings is 1. The van der Waals surface area contributed by atoms with Crippen LogP contribution in [0.2, 0.25) is 5.02 Å². The molecular weight excluding hydrogens is 226 g/mol. The minimum atomic E-state index is -0.160. The van der Waals surface area contributed by atoms with E-state index in [1.165, 1.54) is 0 Å². The van der Waals surface area contributed by atoms with Crippen LogP contribution in [0.3, 0.4) is 0 Å². The molecular formula is C12H14ClNO2. The van der Waals surface area contributed by atoms with Crippen molar-refractivity contribution >= 4 is 17.6 Å². The van der Waals surface area contributed by atoms with E-state index in [0.717, 1.165) is 24.9 Å². The van der Waals surface area contributed by atoms with Gasteiger partial charge in [-0.3, -0.25) is 4.79 Å². The lowest BCUT2D eigenvalue weighted by molar-refractivity contribution is -0.147. The Balaban J connectivity index is 1.82. The van der Waals surface area contributed by atoms with Crippen LogP contribution in [-0.4, -0.2) is 18.6 Å². The van der Waals surface area contributed by atoms with Crippen molar-refractivity contribution < 1.29 is 9.53 Å². The number of ether oxygens (including phenoxy) is 1. The highest BCUT2D eigenvalue weighted by molar-refractivity contribution is 6.30. The molecule has 0 radical (unpaired) electrons. The number of carbonyl (C=O) groups is 1. The molecule has 4 heteroatoms. The van der Waals surface area contributed by atoms with Gasteiger partial charge in [0.15, 0.2) is 0 Å². The summed E-state index contributed by atoms with van der Waals surface area (Å²) in [6.07, 6.45) is 1.92. The third kappa shape index (κ3) is 2.97. The highest BCUT2D eigenvalue weighted by Gasteiger charge is 2.23. The topological polar surface area (TPSA) is 38.3 Å². The average Bonchev–Trinajstić information content (AvgIpc) is 2.81. The normalized spacial score (nSPS) is 19.7. The van der Waals surface area contributed by atoms with Crippen LogP contribution >= 0.6 is 11.6 Å². The zero-order valence-corrected chi connectivity index (χ0v) is 9.67. The molecule has 1 aromatic carbocycles. The molecule has 1 saturated heterocycles. The maximum absolute atomic E-state index is 11.6. The second-order valence-corrected chi connectivity index (χ2v) is 4.32. The van der Waals surface area contributed by atoms with Gasteiger partial charge in [-0.1, -0.05) is 23.7 Å². The fourth-order valence-corrected chi connectivity index (χ4v) is 1.85. The molecule has 1 aliphatic rings. The van der Waals surface area contributed by atoms with Gasteiger partial charge in [0.1, 0.15) is 12.6 Å². The monoisotopic (exact) mass is 239 g/mol. The molecule has 1 N–H and O–H groups in total. The molecule has 1 atom stereocenters. The molecule has 2 rings (SSSR count). The van der Waals surface area contributed by atoms with E-state index in [0.29, 0.717) is 11.6 Å². The number of halogens is 1. The Bertz CT molecular complexity index is 358. The Morgan fingerprint density at radius 3 is 2.81 bits per heavy atom. The minimum Gasteiger partial charge on any atom is -0.460 e. The second kappa shape index (κ2) is 5.32.